The van der Waals surface area contributed by atoms with Crippen LogP contribution in [0.15, 0.2) is 24.3 Å². The number of ketones is 1. The molecule has 0 saturated carbocycles. The number of Topliss-reactive ketones (excluding diaryl/α,β-unsaturated/α-hetero) is 1. The first-order valence-corrected chi connectivity index (χ1v) is 7.12. The van der Waals surface area contributed by atoms with Gasteiger partial charge in [0.25, 0.3) is 0 Å². The summed E-state index contributed by atoms with van der Waals surface area (Å²) in [4.78, 5) is 12.2. The molecule has 0 aliphatic rings. The van der Waals surface area contributed by atoms with E-state index in [1.807, 2.05) is 31.2 Å². The maximum atomic E-state index is 12.2. The van der Waals surface area contributed by atoms with Crippen molar-refractivity contribution in [2.45, 2.75) is 32.7 Å². The van der Waals surface area contributed by atoms with Crippen molar-refractivity contribution in [3.8, 4) is 0 Å². The fourth-order valence-corrected chi connectivity index (χ4v) is 1.89. The van der Waals surface area contributed by atoms with Gasteiger partial charge in [0.2, 0.25) is 0 Å². The Morgan fingerprint density at radius 2 is 1.85 bits per heavy atom. The first-order valence-electron chi connectivity index (χ1n) is 7.12. The maximum Gasteiger partial charge on any atom is 0.179 e. The molecule has 1 aromatic rings. The van der Waals surface area contributed by atoms with Crippen LogP contribution < -0.4 is 5.32 Å². The van der Waals surface area contributed by atoms with Gasteiger partial charge in [0, 0.05) is 12.1 Å². The molecule has 1 atom stereocenters. The molecule has 0 aliphatic heterocycles. The normalized spacial score (nSPS) is 12.7. The van der Waals surface area contributed by atoms with Crippen LogP contribution in [0.2, 0.25) is 0 Å². The number of benzene rings is 1. The summed E-state index contributed by atoms with van der Waals surface area (Å²) in [5.74, 6) is 0.556. The van der Waals surface area contributed by atoms with Crippen LogP contribution in [0.25, 0.3) is 0 Å². The van der Waals surface area contributed by atoms with Gasteiger partial charge in [0.15, 0.2) is 5.78 Å². The Morgan fingerprint density at radius 3 is 2.40 bits per heavy atom. The Labute approximate surface area is 121 Å². The van der Waals surface area contributed by atoms with Crippen LogP contribution >= 0.6 is 0 Å². The van der Waals surface area contributed by atoms with Gasteiger partial charge in [-0.3, -0.25) is 4.79 Å². The van der Waals surface area contributed by atoms with E-state index in [9.17, 15) is 4.79 Å². The summed E-state index contributed by atoms with van der Waals surface area (Å²) in [6.45, 7) is 7.56. The highest BCUT2D eigenvalue weighted by atomic mass is 16.5. The molecule has 0 fully saturated rings. The van der Waals surface area contributed by atoms with Crippen molar-refractivity contribution in [1.29, 1.82) is 0 Å². The van der Waals surface area contributed by atoms with Crippen LogP contribution in [-0.2, 0) is 4.74 Å². The number of aliphatic hydroxyl groups is 1. The zero-order valence-electron chi connectivity index (χ0n) is 12.6. The average Bonchev–Trinajstić information content (AvgIpc) is 2.46. The predicted octanol–water partition coefficient (Wildman–Crippen LogP) is 1.98. The Morgan fingerprint density at radius 1 is 1.20 bits per heavy atom. The lowest BCUT2D eigenvalue weighted by molar-refractivity contribution is 0.0870. The molecule has 2 N–H and O–H groups in total. The second kappa shape index (κ2) is 8.84. The standard InChI is InChI=1S/C16H25NO3/c1-12(2)14-4-6-15(7-5-14)16(19)13(3)17-8-10-20-11-9-18/h4-7,12-13,17-18H,8-11H2,1-3H3. The molecule has 0 bridgehead atoms. The van der Waals surface area contributed by atoms with E-state index in [1.165, 1.54) is 5.56 Å². The summed E-state index contributed by atoms with van der Waals surface area (Å²) in [7, 11) is 0. The summed E-state index contributed by atoms with van der Waals surface area (Å²) < 4.78 is 5.14. The summed E-state index contributed by atoms with van der Waals surface area (Å²) in [6, 6.07) is 7.55. The van der Waals surface area contributed by atoms with E-state index in [-0.39, 0.29) is 18.4 Å². The van der Waals surface area contributed by atoms with Crippen LogP contribution in [0, 0.1) is 0 Å². The lowest BCUT2D eigenvalue weighted by Gasteiger charge is -2.13. The van der Waals surface area contributed by atoms with Gasteiger partial charge in [0.1, 0.15) is 0 Å². The summed E-state index contributed by atoms with van der Waals surface area (Å²) in [5, 5.41) is 11.7. The van der Waals surface area contributed by atoms with E-state index in [1.54, 1.807) is 0 Å². The Bertz CT molecular complexity index is 401. The third-order valence-corrected chi connectivity index (χ3v) is 3.19. The van der Waals surface area contributed by atoms with Gasteiger partial charge >= 0.3 is 0 Å². The molecule has 0 heterocycles. The maximum absolute atomic E-state index is 12.2. The third kappa shape index (κ3) is 5.41. The van der Waals surface area contributed by atoms with Gasteiger partial charge in [0.05, 0.1) is 25.9 Å². The second-order valence-electron chi connectivity index (χ2n) is 5.15. The molecule has 1 aromatic carbocycles. The van der Waals surface area contributed by atoms with Crippen LogP contribution in [0.3, 0.4) is 0 Å². The van der Waals surface area contributed by atoms with Crippen LogP contribution in [-0.4, -0.2) is 43.3 Å². The quantitative estimate of drug-likeness (QED) is 0.536. The van der Waals surface area contributed by atoms with Crippen LogP contribution in [0.5, 0.6) is 0 Å². The molecule has 0 saturated heterocycles. The van der Waals surface area contributed by atoms with Gasteiger partial charge in [-0.2, -0.15) is 0 Å². The number of nitrogens with one attached hydrogen (secondary N) is 1. The van der Waals surface area contributed by atoms with Gasteiger partial charge in [-0.1, -0.05) is 38.1 Å². The van der Waals surface area contributed by atoms with E-state index in [2.05, 4.69) is 19.2 Å². The van der Waals surface area contributed by atoms with E-state index in [0.717, 1.165) is 5.56 Å². The van der Waals surface area contributed by atoms with Crippen molar-refractivity contribution < 1.29 is 14.6 Å². The van der Waals surface area contributed by atoms with E-state index in [4.69, 9.17) is 9.84 Å². The van der Waals surface area contributed by atoms with Gasteiger partial charge < -0.3 is 15.2 Å². The molecule has 20 heavy (non-hydrogen) atoms. The average molecular weight is 279 g/mol. The summed E-state index contributed by atoms with van der Waals surface area (Å²) >= 11 is 0. The lowest BCUT2D eigenvalue weighted by atomic mass is 9.99. The highest BCUT2D eigenvalue weighted by molar-refractivity contribution is 5.99. The predicted molar refractivity (Wildman–Crippen MR) is 80.2 cm³/mol. The molecule has 0 amide bonds. The number of carbonyl (C=O) groups is 1. The van der Waals surface area contributed by atoms with Gasteiger partial charge in [-0.25, -0.2) is 0 Å². The molecule has 0 aliphatic carbocycles. The number of aliphatic hydroxyl groups excluding tert-OH is 1. The minimum absolute atomic E-state index is 0.0245. The third-order valence-electron chi connectivity index (χ3n) is 3.19. The number of hydrogen-bond acceptors (Lipinski definition) is 4. The molecule has 0 radical (unpaired) electrons. The Balaban J connectivity index is 2.43. The van der Waals surface area contributed by atoms with Crippen molar-refractivity contribution in [2.24, 2.45) is 0 Å². The molecular weight excluding hydrogens is 254 g/mol. The molecule has 1 rings (SSSR count). The molecule has 0 spiro atoms. The Kier molecular flexibility index (Phi) is 7.44. The van der Waals surface area contributed by atoms with Crippen molar-refractivity contribution in [3.63, 3.8) is 0 Å². The van der Waals surface area contributed by atoms with Crippen LogP contribution in [0.1, 0.15) is 42.6 Å². The largest absolute Gasteiger partial charge is 0.394 e. The molecule has 0 aromatic heterocycles. The highest BCUT2D eigenvalue weighted by Crippen LogP contribution is 2.15. The summed E-state index contributed by atoms with van der Waals surface area (Å²) in [6.07, 6.45) is 0. The smallest absolute Gasteiger partial charge is 0.179 e. The van der Waals surface area contributed by atoms with Crippen molar-refractivity contribution in [1.82, 2.24) is 5.32 Å². The van der Waals surface area contributed by atoms with Crippen molar-refractivity contribution >= 4 is 5.78 Å². The SMILES string of the molecule is CC(NCCOCCO)C(=O)c1ccc(C(C)C)cc1. The van der Waals surface area contributed by atoms with Crippen molar-refractivity contribution in [2.75, 3.05) is 26.4 Å². The Hall–Kier alpha value is -1.23. The summed E-state index contributed by atoms with van der Waals surface area (Å²) in [5.41, 5.74) is 1.96. The van der Waals surface area contributed by atoms with Crippen molar-refractivity contribution in [3.05, 3.63) is 35.4 Å². The van der Waals surface area contributed by atoms with Gasteiger partial charge in [-0.05, 0) is 18.4 Å². The van der Waals surface area contributed by atoms with Crippen LogP contribution in [0.4, 0.5) is 0 Å². The fourth-order valence-electron chi connectivity index (χ4n) is 1.89. The lowest BCUT2D eigenvalue weighted by Crippen LogP contribution is -2.36. The molecule has 112 valence electrons. The number of ether oxygens (including phenoxy) is 1. The zero-order chi connectivity index (χ0) is 15.0. The minimum atomic E-state index is -0.238. The molecule has 1 unspecified atom stereocenters. The second-order valence-corrected chi connectivity index (χ2v) is 5.15. The number of carbonyl (C=O) groups excluding carboxylic acids is 1. The number of rotatable bonds is 9. The van der Waals surface area contributed by atoms with E-state index in [0.29, 0.717) is 25.7 Å². The molecular formula is C16H25NO3. The zero-order valence-corrected chi connectivity index (χ0v) is 12.6. The molecule has 4 nitrogen and oxygen atoms in total. The minimum Gasteiger partial charge on any atom is -0.394 e. The van der Waals surface area contributed by atoms with E-state index < -0.39 is 0 Å². The van der Waals surface area contributed by atoms with Gasteiger partial charge in [-0.15, -0.1) is 0 Å². The van der Waals surface area contributed by atoms with E-state index >= 15 is 0 Å². The topological polar surface area (TPSA) is 58.6 Å². The fraction of sp³-hybridized carbons (Fsp3) is 0.562. The number of hydrogen-bond donors (Lipinski definition) is 2. The highest BCUT2D eigenvalue weighted by Gasteiger charge is 2.14. The first-order chi connectivity index (χ1) is 9.56. The first kappa shape index (κ1) is 16.8. The molecule has 4 heteroatoms. The monoisotopic (exact) mass is 279 g/mol.